The van der Waals surface area contributed by atoms with Gasteiger partial charge in [0.15, 0.2) is 0 Å². The Morgan fingerprint density at radius 2 is 1.37 bits per heavy atom. The Balaban J connectivity index is 1.99. The zero-order valence-electron chi connectivity index (χ0n) is 12.1. The molecule has 0 aromatic heterocycles. The monoisotopic (exact) mass is 285 g/mol. The number of rotatable bonds is 5. The molecule has 0 atom stereocenters. The molecule has 0 radical (unpaired) electrons. The minimum Gasteiger partial charge on any atom is -0.337 e. The van der Waals surface area contributed by atoms with Gasteiger partial charge < -0.3 is 4.90 Å². The number of carbonyl (C=O) groups is 1. The lowest BCUT2D eigenvalue weighted by molar-refractivity contribution is -0.138. The smallest absolute Gasteiger partial charge is 0.223 e. The van der Waals surface area contributed by atoms with E-state index in [0.717, 1.165) is 6.42 Å². The molecule has 2 nitrogen and oxygen atoms in total. The van der Waals surface area contributed by atoms with Gasteiger partial charge in [-0.3, -0.25) is 4.79 Å². The number of carbonyl (C=O) groups excluding carboxylic acids is 1. The van der Waals surface area contributed by atoms with Crippen LogP contribution >= 0.6 is 11.6 Å². The molecule has 19 heavy (non-hydrogen) atoms. The molecule has 0 N–H and O–H groups in total. The van der Waals surface area contributed by atoms with Gasteiger partial charge in [-0.2, -0.15) is 0 Å². The minimum atomic E-state index is 0.374. The quantitative estimate of drug-likeness (QED) is 0.681. The van der Waals surface area contributed by atoms with Crippen LogP contribution in [0.15, 0.2) is 0 Å². The van der Waals surface area contributed by atoms with Crippen LogP contribution in [0.2, 0.25) is 0 Å². The first-order chi connectivity index (χ1) is 9.33. The van der Waals surface area contributed by atoms with Crippen molar-refractivity contribution >= 4 is 17.5 Å². The molecular formula is C16H28ClNO. The first kappa shape index (κ1) is 15.2. The molecule has 0 saturated heterocycles. The maximum atomic E-state index is 12.6. The van der Waals surface area contributed by atoms with Gasteiger partial charge in [0, 0.05) is 24.4 Å². The normalized spacial score (nSPS) is 22.4. The van der Waals surface area contributed by atoms with Crippen molar-refractivity contribution in [1.82, 2.24) is 4.90 Å². The highest BCUT2D eigenvalue weighted by atomic mass is 35.5. The summed E-state index contributed by atoms with van der Waals surface area (Å²) in [5.41, 5.74) is 0. The minimum absolute atomic E-state index is 0.374. The fourth-order valence-electron chi connectivity index (χ4n) is 3.77. The second kappa shape index (κ2) is 8.14. The average molecular weight is 286 g/mol. The first-order valence-electron chi connectivity index (χ1n) is 8.20. The van der Waals surface area contributed by atoms with E-state index in [2.05, 4.69) is 4.90 Å². The second-order valence-electron chi connectivity index (χ2n) is 6.18. The third-order valence-corrected chi connectivity index (χ3v) is 5.02. The summed E-state index contributed by atoms with van der Waals surface area (Å²) in [6, 6.07) is 1.05. The van der Waals surface area contributed by atoms with Crippen LogP contribution in [0.25, 0.3) is 0 Å². The number of halogens is 1. The van der Waals surface area contributed by atoms with E-state index in [9.17, 15) is 4.79 Å². The first-order valence-corrected chi connectivity index (χ1v) is 8.73. The second-order valence-corrected chi connectivity index (χ2v) is 6.56. The number of hydrogen-bond acceptors (Lipinski definition) is 1. The maximum absolute atomic E-state index is 12.6. The summed E-state index contributed by atoms with van der Waals surface area (Å²) in [6.45, 7) is 0. The highest BCUT2D eigenvalue weighted by molar-refractivity contribution is 6.17. The van der Waals surface area contributed by atoms with Gasteiger partial charge in [-0.1, -0.05) is 38.5 Å². The molecule has 2 rings (SSSR count). The topological polar surface area (TPSA) is 20.3 Å². The number of nitrogens with zero attached hydrogens (tertiary/aromatic N) is 1. The highest BCUT2D eigenvalue weighted by Crippen LogP contribution is 2.30. The van der Waals surface area contributed by atoms with Crippen LogP contribution in [0.1, 0.15) is 77.0 Å². The van der Waals surface area contributed by atoms with E-state index in [1.807, 2.05) is 0 Å². The molecule has 0 heterocycles. The summed E-state index contributed by atoms with van der Waals surface area (Å²) in [4.78, 5) is 14.9. The molecule has 0 aromatic rings. The van der Waals surface area contributed by atoms with E-state index in [1.165, 1.54) is 64.2 Å². The summed E-state index contributed by atoms with van der Waals surface area (Å²) in [7, 11) is 0. The van der Waals surface area contributed by atoms with E-state index < -0.39 is 0 Å². The predicted octanol–water partition coefficient (Wildman–Crippen LogP) is 4.50. The van der Waals surface area contributed by atoms with Gasteiger partial charge in [0.05, 0.1) is 0 Å². The van der Waals surface area contributed by atoms with Crippen molar-refractivity contribution in [3.63, 3.8) is 0 Å². The van der Waals surface area contributed by atoms with Gasteiger partial charge >= 0.3 is 0 Å². The van der Waals surface area contributed by atoms with Crippen LogP contribution in [0.4, 0.5) is 0 Å². The molecule has 1 amide bonds. The summed E-state index contributed by atoms with van der Waals surface area (Å²) in [5, 5.41) is 0. The number of alkyl halides is 1. The van der Waals surface area contributed by atoms with Gasteiger partial charge in [-0.25, -0.2) is 0 Å². The molecule has 2 fully saturated rings. The predicted molar refractivity (Wildman–Crippen MR) is 80.5 cm³/mol. The van der Waals surface area contributed by atoms with Gasteiger partial charge in [0.1, 0.15) is 0 Å². The van der Waals surface area contributed by atoms with Crippen molar-refractivity contribution in [2.45, 2.75) is 89.1 Å². The maximum Gasteiger partial charge on any atom is 0.223 e. The fraction of sp³-hybridized carbons (Fsp3) is 0.938. The van der Waals surface area contributed by atoms with Crippen molar-refractivity contribution < 1.29 is 4.79 Å². The molecule has 110 valence electrons. The lowest BCUT2D eigenvalue weighted by Gasteiger charge is -2.42. The highest BCUT2D eigenvalue weighted by Gasteiger charge is 2.31. The summed E-state index contributed by atoms with van der Waals surface area (Å²) < 4.78 is 0. The Morgan fingerprint density at radius 1 is 0.895 bits per heavy atom. The largest absolute Gasteiger partial charge is 0.337 e. The van der Waals surface area contributed by atoms with Crippen LogP contribution in [0.3, 0.4) is 0 Å². The summed E-state index contributed by atoms with van der Waals surface area (Å²) >= 11 is 5.75. The number of amides is 1. The third kappa shape index (κ3) is 4.37. The molecular weight excluding hydrogens is 258 g/mol. The van der Waals surface area contributed by atoms with Gasteiger partial charge in [0.25, 0.3) is 0 Å². The average Bonchev–Trinajstić information content (AvgIpc) is 2.47. The van der Waals surface area contributed by atoms with E-state index in [1.54, 1.807) is 0 Å². The van der Waals surface area contributed by atoms with Crippen molar-refractivity contribution in [3.05, 3.63) is 0 Å². The Labute approximate surface area is 122 Å². The van der Waals surface area contributed by atoms with E-state index in [0.29, 0.717) is 30.3 Å². The Hall–Kier alpha value is -0.240. The molecule has 0 unspecified atom stereocenters. The van der Waals surface area contributed by atoms with Crippen LogP contribution in [0.5, 0.6) is 0 Å². The molecule has 3 heteroatoms. The standard InChI is InChI=1S/C16H28ClNO/c17-13-7-12-16(19)18(14-8-3-1-4-9-14)15-10-5-2-6-11-15/h14-15H,1-13H2. The van der Waals surface area contributed by atoms with Gasteiger partial charge in [-0.15, -0.1) is 11.6 Å². The van der Waals surface area contributed by atoms with Crippen molar-refractivity contribution in [3.8, 4) is 0 Å². The zero-order valence-corrected chi connectivity index (χ0v) is 12.8. The van der Waals surface area contributed by atoms with Gasteiger partial charge in [0.2, 0.25) is 5.91 Å². The molecule has 2 aliphatic rings. The van der Waals surface area contributed by atoms with Crippen molar-refractivity contribution in [2.24, 2.45) is 0 Å². The summed E-state index contributed by atoms with van der Waals surface area (Å²) in [6.07, 6.45) is 14.3. The molecule has 2 saturated carbocycles. The fourth-order valence-corrected chi connectivity index (χ4v) is 3.90. The van der Waals surface area contributed by atoms with E-state index in [-0.39, 0.29) is 0 Å². The van der Waals surface area contributed by atoms with Crippen molar-refractivity contribution in [2.75, 3.05) is 5.88 Å². The number of hydrogen-bond donors (Lipinski definition) is 0. The van der Waals surface area contributed by atoms with E-state index in [4.69, 9.17) is 11.6 Å². The third-order valence-electron chi connectivity index (χ3n) is 4.75. The summed E-state index contributed by atoms with van der Waals surface area (Å²) in [5.74, 6) is 0.981. The van der Waals surface area contributed by atoms with Crippen molar-refractivity contribution in [1.29, 1.82) is 0 Å². The lowest BCUT2D eigenvalue weighted by atomic mass is 9.88. The van der Waals surface area contributed by atoms with Crippen LogP contribution in [-0.4, -0.2) is 28.8 Å². The van der Waals surface area contributed by atoms with Gasteiger partial charge in [-0.05, 0) is 32.1 Å². The molecule has 0 aromatic carbocycles. The molecule has 2 aliphatic carbocycles. The SMILES string of the molecule is O=C(CCCCl)N(C1CCCCC1)C1CCCCC1. The Morgan fingerprint density at radius 3 is 1.79 bits per heavy atom. The Bertz CT molecular complexity index is 252. The van der Waals surface area contributed by atoms with E-state index >= 15 is 0 Å². The molecule has 0 aliphatic heterocycles. The molecule has 0 bridgehead atoms. The van der Waals surface area contributed by atoms with Crippen LogP contribution in [0, 0.1) is 0 Å². The zero-order chi connectivity index (χ0) is 13.5. The molecule has 0 spiro atoms. The Kier molecular flexibility index (Phi) is 6.49. The lowest BCUT2D eigenvalue weighted by Crippen LogP contribution is -2.48. The van der Waals surface area contributed by atoms with Crippen LogP contribution in [-0.2, 0) is 4.79 Å². The van der Waals surface area contributed by atoms with Crippen LogP contribution < -0.4 is 0 Å².